The summed E-state index contributed by atoms with van der Waals surface area (Å²) in [6, 6.07) is 10.5. The van der Waals surface area contributed by atoms with Crippen LogP contribution in [0.2, 0.25) is 0 Å². The maximum absolute atomic E-state index is 13.3. The number of hydrogen-bond acceptors (Lipinski definition) is 3. The van der Waals surface area contributed by atoms with Crippen LogP contribution in [0.1, 0.15) is 37.1 Å². The molecule has 0 bridgehead atoms. The number of benzene rings is 1. The Labute approximate surface area is 159 Å². The second-order valence-electron chi connectivity index (χ2n) is 7.33. The van der Waals surface area contributed by atoms with E-state index >= 15 is 0 Å². The van der Waals surface area contributed by atoms with Crippen LogP contribution in [-0.2, 0) is 13.1 Å². The lowest BCUT2D eigenvalue weighted by Crippen LogP contribution is -2.25. The van der Waals surface area contributed by atoms with Gasteiger partial charge in [-0.2, -0.15) is 0 Å². The monoisotopic (exact) mass is 369 g/mol. The summed E-state index contributed by atoms with van der Waals surface area (Å²) >= 11 is 1.54. The zero-order valence-corrected chi connectivity index (χ0v) is 17.1. The van der Waals surface area contributed by atoms with Crippen LogP contribution in [0.5, 0.6) is 0 Å². The van der Waals surface area contributed by atoms with Crippen molar-refractivity contribution in [1.82, 2.24) is 14.1 Å². The van der Waals surface area contributed by atoms with Gasteiger partial charge in [-0.1, -0.05) is 55.4 Å². The molecule has 2 aromatic heterocycles. The molecule has 2 heterocycles. The molecule has 4 nitrogen and oxygen atoms in total. The van der Waals surface area contributed by atoms with Crippen molar-refractivity contribution in [3.8, 4) is 0 Å². The fourth-order valence-corrected chi connectivity index (χ4v) is 3.75. The number of thioether (sulfide) groups is 1. The molecule has 3 rings (SSSR count). The van der Waals surface area contributed by atoms with E-state index in [1.165, 1.54) is 22.9 Å². The first-order chi connectivity index (χ1) is 12.4. The van der Waals surface area contributed by atoms with E-state index in [9.17, 15) is 4.79 Å². The van der Waals surface area contributed by atoms with E-state index in [0.717, 1.165) is 22.8 Å². The Morgan fingerprint density at radius 2 is 1.81 bits per heavy atom. The van der Waals surface area contributed by atoms with Crippen molar-refractivity contribution in [2.75, 3.05) is 6.26 Å². The largest absolute Gasteiger partial charge is 0.335 e. The molecular weight excluding hydrogens is 342 g/mol. The molecule has 0 spiro atoms. The average molecular weight is 370 g/mol. The van der Waals surface area contributed by atoms with Gasteiger partial charge in [0.25, 0.3) is 5.56 Å². The summed E-state index contributed by atoms with van der Waals surface area (Å²) in [6.45, 7) is 9.90. The van der Waals surface area contributed by atoms with Gasteiger partial charge in [0.15, 0.2) is 5.16 Å². The highest BCUT2D eigenvalue weighted by atomic mass is 32.2. The molecule has 0 unspecified atom stereocenters. The Morgan fingerprint density at radius 3 is 2.42 bits per heavy atom. The fourth-order valence-electron chi connectivity index (χ4n) is 3.17. The van der Waals surface area contributed by atoms with Crippen molar-refractivity contribution in [2.45, 2.75) is 52.4 Å². The summed E-state index contributed by atoms with van der Waals surface area (Å²) in [5.41, 5.74) is 5.08. The molecule has 0 radical (unpaired) electrons. The van der Waals surface area contributed by atoms with E-state index in [-0.39, 0.29) is 5.56 Å². The van der Waals surface area contributed by atoms with Crippen molar-refractivity contribution in [3.05, 3.63) is 57.5 Å². The molecule has 3 aromatic rings. The van der Waals surface area contributed by atoms with Gasteiger partial charge in [-0.25, -0.2) is 4.98 Å². The van der Waals surface area contributed by atoms with Crippen LogP contribution in [0.3, 0.4) is 0 Å². The van der Waals surface area contributed by atoms with Crippen LogP contribution in [0, 0.1) is 19.8 Å². The van der Waals surface area contributed by atoms with E-state index in [0.29, 0.717) is 24.5 Å². The molecule has 0 N–H and O–H groups in total. The van der Waals surface area contributed by atoms with Crippen molar-refractivity contribution in [2.24, 2.45) is 5.92 Å². The lowest BCUT2D eigenvalue weighted by Gasteiger charge is -2.14. The second kappa shape index (κ2) is 7.70. The number of fused-ring (bicyclic) bond motifs is 1. The first kappa shape index (κ1) is 18.8. The molecule has 0 aliphatic heterocycles. The summed E-state index contributed by atoms with van der Waals surface area (Å²) in [4.78, 5) is 18.1. The zero-order valence-electron chi connectivity index (χ0n) is 16.2. The standard InChI is InChI=1S/C21H27N3OS/c1-14(2)10-11-23-20(25)19-18(22-21(23)26-5)12-16(4)24(19)13-17-8-6-15(3)7-9-17/h6-9,12,14H,10-11,13H2,1-5H3. The SMILES string of the molecule is CSc1nc2cc(C)n(Cc3ccc(C)cc3)c2c(=O)n1CCC(C)C. The Bertz CT molecular complexity index is 968. The zero-order chi connectivity index (χ0) is 18.8. The van der Waals surface area contributed by atoms with Crippen molar-refractivity contribution >= 4 is 22.8 Å². The fraction of sp³-hybridized carbons (Fsp3) is 0.429. The first-order valence-electron chi connectivity index (χ1n) is 9.11. The Morgan fingerprint density at radius 1 is 1.12 bits per heavy atom. The van der Waals surface area contributed by atoms with Gasteiger partial charge >= 0.3 is 0 Å². The van der Waals surface area contributed by atoms with Crippen LogP contribution < -0.4 is 5.56 Å². The van der Waals surface area contributed by atoms with Crippen molar-refractivity contribution < 1.29 is 0 Å². The molecule has 138 valence electrons. The summed E-state index contributed by atoms with van der Waals surface area (Å²) in [5.74, 6) is 0.549. The van der Waals surface area contributed by atoms with Crippen LogP contribution in [0.4, 0.5) is 0 Å². The summed E-state index contributed by atoms with van der Waals surface area (Å²) in [5, 5.41) is 0.802. The second-order valence-corrected chi connectivity index (χ2v) is 8.10. The van der Waals surface area contributed by atoms with E-state index in [1.807, 2.05) is 23.8 Å². The van der Waals surface area contributed by atoms with E-state index < -0.39 is 0 Å². The van der Waals surface area contributed by atoms with E-state index in [4.69, 9.17) is 4.98 Å². The minimum atomic E-state index is 0.0696. The van der Waals surface area contributed by atoms with Gasteiger partial charge in [0, 0.05) is 18.8 Å². The number of aromatic nitrogens is 3. The maximum atomic E-state index is 13.3. The molecule has 0 saturated carbocycles. The van der Waals surface area contributed by atoms with Gasteiger partial charge in [0.2, 0.25) is 0 Å². The molecule has 1 aromatic carbocycles. The number of aryl methyl sites for hydroxylation is 2. The first-order valence-corrected chi connectivity index (χ1v) is 10.3. The topological polar surface area (TPSA) is 39.8 Å². The van der Waals surface area contributed by atoms with Crippen LogP contribution in [0.15, 0.2) is 40.3 Å². The molecule has 0 aliphatic rings. The molecular formula is C21H27N3OS. The normalized spacial score (nSPS) is 11.6. The average Bonchev–Trinajstić information content (AvgIpc) is 2.91. The number of rotatable bonds is 6. The smallest absolute Gasteiger partial charge is 0.278 e. The predicted molar refractivity (Wildman–Crippen MR) is 110 cm³/mol. The van der Waals surface area contributed by atoms with Gasteiger partial charge in [-0.05, 0) is 44.1 Å². The molecule has 0 fully saturated rings. The van der Waals surface area contributed by atoms with Crippen LogP contribution in [0.25, 0.3) is 11.0 Å². The number of nitrogens with zero attached hydrogens (tertiary/aromatic N) is 3. The van der Waals surface area contributed by atoms with Gasteiger partial charge in [-0.3, -0.25) is 9.36 Å². The van der Waals surface area contributed by atoms with Crippen LogP contribution in [-0.4, -0.2) is 20.4 Å². The molecule has 26 heavy (non-hydrogen) atoms. The molecule has 5 heteroatoms. The van der Waals surface area contributed by atoms with Gasteiger partial charge < -0.3 is 4.57 Å². The minimum Gasteiger partial charge on any atom is -0.335 e. The highest BCUT2D eigenvalue weighted by Gasteiger charge is 2.16. The van der Waals surface area contributed by atoms with Crippen molar-refractivity contribution in [1.29, 1.82) is 0 Å². The summed E-state index contributed by atoms with van der Waals surface area (Å²) in [6.07, 6.45) is 2.95. The van der Waals surface area contributed by atoms with Crippen molar-refractivity contribution in [3.63, 3.8) is 0 Å². The highest BCUT2D eigenvalue weighted by molar-refractivity contribution is 7.98. The quantitative estimate of drug-likeness (QED) is 0.470. The third-order valence-electron chi connectivity index (χ3n) is 4.75. The van der Waals surface area contributed by atoms with E-state index in [2.05, 4.69) is 49.6 Å². The van der Waals surface area contributed by atoms with E-state index in [1.54, 1.807) is 0 Å². The Kier molecular flexibility index (Phi) is 5.56. The Balaban J connectivity index is 2.11. The maximum Gasteiger partial charge on any atom is 0.278 e. The minimum absolute atomic E-state index is 0.0696. The van der Waals surface area contributed by atoms with Gasteiger partial charge in [0.05, 0.1) is 5.52 Å². The highest BCUT2D eigenvalue weighted by Crippen LogP contribution is 2.21. The summed E-state index contributed by atoms with van der Waals surface area (Å²) in [7, 11) is 0. The molecule has 0 saturated heterocycles. The lowest BCUT2D eigenvalue weighted by atomic mass is 10.1. The van der Waals surface area contributed by atoms with Gasteiger partial charge in [0.1, 0.15) is 5.52 Å². The van der Waals surface area contributed by atoms with Crippen LogP contribution >= 0.6 is 11.8 Å². The molecule has 0 atom stereocenters. The third-order valence-corrected chi connectivity index (χ3v) is 5.43. The Hall–Kier alpha value is -2.01. The molecule has 0 amide bonds. The number of hydrogen-bond donors (Lipinski definition) is 0. The lowest BCUT2D eigenvalue weighted by molar-refractivity contribution is 0.480. The molecule has 0 aliphatic carbocycles. The third kappa shape index (κ3) is 3.73. The van der Waals surface area contributed by atoms with Gasteiger partial charge in [-0.15, -0.1) is 0 Å². The predicted octanol–water partition coefficient (Wildman–Crippen LogP) is 4.63. The summed E-state index contributed by atoms with van der Waals surface area (Å²) < 4.78 is 3.95.